The maximum atomic E-state index is 15.6. The van der Waals surface area contributed by atoms with E-state index < -0.39 is 42.7 Å². The summed E-state index contributed by atoms with van der Waals surface area (Å²) in [5.41, 5.74) is 0. The number of aliphatic hydroxyl groups is 1. The highest BCUT2D eigenvalue weighted by Crippen LogP contribution is 2.38. The van der Waals surface area contributed by atoms with Crippen LogP contribution in [0.15, 0.2) is 0 Å². The lowest BCUT2D eigenvalue weighted by Gasteiger charge is -2.48. The molecule has 0 bridgehead atoms. The second kappa shape index (κ2) is 18.7. The van der Waals surface area contributed by atoms with Gasteiger partial charge in [-0.3, -0.25) is 0 Å². The summed E-state index contributed by atoms with van der Waals surface area (Å²) >= 11 is 0. The number of alkyl halides is 2. The molecule has 0 radical (unpaired) electrons. The van der Waals surface area contributed by atoms with Gasteiger partial charge in [0.2, 0.25) is 6.29 Å². The first kappa shape index (κ1) is 32.6. The number of ether oxygens (including phenoxy) is 7. The van der Waals surface area contributed by atoms with Crippen molar-refractivity contribution in [2.24, 2.45) is 0 Å². The van der Waals surface area contributed by atoms with Crippen LogP contribution >= 0.6 is 0 Å². The first-order valence-electron chi connectivity index (χ1n) is 13.1. The maximum Gasteiger partial charge on any atom is 0.325 e. The van der Waals surface area contributed by atoms with Gasteiger partial charge < -0.3 is 38.3 Å². The standard InChI is InChI=1S/C25H48F2O8/c1-6-10-14-30-17-19-20(31-15-11-7-2)21(32-16-12-8-3)22(34-18-29-5)23(35-19)25(26,27)24(28)33-13-9-4/h19-24,28H,6-18H2,1-5H3/t19-,20+,21+,22-,23+,24?/m1/s1. The normalized spacial score (nSPS) is 26.2. The molecule has 1 unspecified atom stereocenters. The molecule has 0 spiro atoms. The lowest BCUT2D eigenvalue weighted by Crippen LogP contribution is -2.67. The van der Waals surface area contributed by atoms with Crippen molar-refractivity contribution in [3.63, 3.8) is 0 Å². The molecule has 35 heavy (non-hydrogen) atoms. The van der Waals surface area contributed by atoms with Crippen LogP contribution in [0.4, 0.5) is 8.78 Å². The average Bonchev–Trinajstić information content (AvgIpc) is 2.85. The Balaban J connectivity index is 3.30. The molecular formula is C25H48F2O8. The molecule has 10 heteroatoms. The number of rotatable bonds is 21. The topological polar surface area (TPSA) is 84.8 Å². The van der Waals surface area contributed by atoms with Gasteiger partial charge in [0.05, 0.1) is 6.61 Å². The highest BCUT2D eigenvalue weighted by molar-refractivity contribution is 5.01. The molecule has 1 rings (SSSR count). The quantitative estimate of drug-likeness (QED) is 0.179. The summed E-state index contributed by atoms with van der Waals surface area (Å²) in [5.74, 6) is -3.78. The Bertz CT molecular complexity index is 514. The smallest absolute Gasteiger partial charge is 0.325 e. The molecule has 0 aromatic rings. The average molecular weight is 515 g/mol. The van der Waals surface area contributed by atoms with Gasteiger partial charge >= 0.3 is 5.92 Å². The summed E-state index contributed by atoms with van der Waals surface area (Å²) < 4.78 is 70.8. The fourth-order valence-corrected chi connectivity index (χ4v) is 3.73. The third kappa shape index (κ3) is 10.8. The van der Waals surface area contributed by atoms with E-state index in [-0.39, 0.29) is 20.0 Å². The predicted molar refractivity (Wildman–Crippen MR) is 128 cm³/mol. The molecule has 0 aromatic carbocycles. The molecule has 1 aliphatic rings. The highest BCUT2D eigenvalue weighted by atomic mass is 19.3. The van der Waals surface area contributed by atoms with Crippen LogP contribution in [0.5, 0.6) is 0 Å². The van der Waals surface area contributed by atoms with E-state index in [0.29, 0.717) is 26.2 Å². The van der Waals surface area contributed by atoms with Crippen LogP contribution in [-0.2, 0) is 33.2 Å². The molecule has 0 amide bonds. The second-order valence-corrected chi connectivity index (χ2v) is 8.84. The van der Waals surface area contributed by atoms with E-state index in [2.05, 4.69) is 0 Å². The van der Waals surface area contributed by atoms with Crippen molar-refractivity contribution in [2.45, 2.75) is 115 Å². The maximum absolute atomic E-state index is 15.6. The zero-order chi connectivity index (χ0) is 26.1. The van der Waals surface area contributed by atoms with Gasteiger partial charge in [0.1, 0.15) is 31.2 Å². The van der Waals surface area contributed by atoms with Gasteiger partial charge in [-0.15, -0.1) is 0 Å². The first-order chi connectivity index (χ1) is 16.9. The molecule has 1 fully saturated rings. The molecule has 1 aliphatic heterocycles. The molecule has 1 heterocycles. The largest absolute Gasteiger partial charge is 0.379 e. The van der Waals surface area contributed by atoms with E-state index in [1.165, 1.54) is 7.11 Å². The third-order valence-corrected chi connectivity index (χ3v) is 5.74. The summed E-state index contributed by atoms with van der Waals surface area (Å²) in [4.78, 5) is 0. The second-order valence-electron chi connectivity index (χ2n) is 8.84. The Labute approximate surface area is 209 Å². The van der Waals surface area contributed by atoms with E-state index in [1.807, 2.05) is 20.8 Å². The molecule has 1 saturated heterocycles. The Hall–Kier alpha value is -0.460. The van der Waals surface area contributed by atoms with Crippen LogP contribution in [0.1, 0.15) is 72.6 Å². The lowest BCUT2D eigenvalue weighted by molar-refractivity contribution is -0.348. The first-order valence-corrected chi connectivity index (χ1v) is 13.1. The van der Waals surface area contributed by atoms with Crippen molar-refractivity contribution in [1.82, 2.24) is 0 Å². The van der Waals surface area contributed by atoms with Gasteiger partial charge in [-0.2, -0.15) is 8.78 Å². The van der Waals surface area contributed by atoms with Crippen molar-refractivity contribution < 1.29 is 47.0 Å². The molecule has 210 valence electrons. The minimum Gasteiger partial charge on any atom is -0.379 e. The van der Waals surface area contributed by atoms with Gasteiger partial charge in [-0.25, -0.2) is 0 Å². The van der Waals surface area contributed by atoms with Gasteiger partial charge in [0.25, 0.3) is 0 Å². The minimum atomic E-state index is -3.78. The number of hydrogen-bond donors (Lipinski definition) is 1. The summed E-state index contributed by atoms with van der Waals surface area (Å²) in [6, 6.07) is 0. The fourth-order valence-electron chi connectivity index (χ4n) is 3.73. The molecular weight excluding hydrogens is 466 g/mol. The van der Waals surface area contributed by atoms with E-state index >= 15 is 8.78 Å². The Kier molecular flexibility index (Phi) is 17.4. The predicted octanol–water partition coefficient (Wildman–Crippen LogP) is 4.31. The molecule has 1 N–H and O–H groups in total. The molecule has 8 nitrogen and oxygen atoms in total. The number of hydrogen-bond acceptors (Lipinski definition) is 8. The summed E-state index contributed by atoms with van der Waals surface area (Å²) in [6.07, 6.45) is -2.30. The number of halogens is 2. The van der Waals surface area contributed by atoms with Gasteiger partial charge in [0, 0.05) is 33.5 Å². The zero-order valence-corrected chi connectivity index (χ0v) is 22.2. The minimum absolute atomic E-state index is 0.0180. The van der Waals surface area contributed by atoms with Crippen LogP contribution < -0.4 is 0 Å². The number of methoxy groups -OCH3 is 1. The molecule has 0 saturated carbocycles. The van der Waals surface area contributed by atoms with Crippen molar-refractivity contribution in [1.29, 1.82) is 0 Å². The van der Waals surface area contributed by atoms with E-state index in [0.717, 1.165) is 38.5 Å². The van der Waals surface area contributed by atoms with E-state index in [9.17, 15) is 5.11 Å². The van der Waals surface area contributed by atoms with Crippen molar-refractivity contribution in [3.05, 3.63) is 0 Å². The van der Waals surface area contributed by atoms with Crippen molar-refractivity contribution in [2.75, 3.05) is 46.9 Å². The Morgan fingerprint density at radius 2 is 1.40 bits per heavy atom. The van der Waals surface area contributed by atoms with Gasteiger partial charge in [-0.05, 0) is 25.7 Å². The van der Waals surface area contributed by atoms with E-state index in [4.69, 9.17) is 33.2 Å². The van der Waals surface area contributed by atoms with E-state index in [1.54, 1.807) is 6.92 Å². The van der Waals surface area contributed by atoms with Crippen molar-refractivity contribution >= 4 is 0 Å². The molecule has 6 atom stereocenters. The summed E-state index contributed by atoms with van der Waals surface area (Å²) in [5, 5.41) is 10.2. The van der Waals surface area contributed by atoms with Crippen molar-refractivity contribution in [3.8, 4) is 0 Å². The van der Waals surface area contributed by atoms with Crippen LogP contribution in [0.25, 0.3) is 0 Å². The Morgan fingerprint density at radius 3 is 1.97 bits per heavy atom. The van der Waals surface area contributed by atoms with Crippen LogP contribution in [0.3, 0.4) is 0 Å². The number of aliphatic hydroxyl groups excluding tert-OH is 1. The lowest BCUT2D eigenvalue weighted by atomic mass is 9.90. The summed E-state index contributed by atoms with van der Waals surface area (Å²) in [6.45, 7) is 8.90. The Morgan fingerprint density at radius 1 is 0.800 bits per heavy atom. The van der Waals surface area contributed by atoms with Gasteiger partial charge in [0.15, 0.2) is 6.10 Å². The van der Waals surface area contributed by atoms with Crippen LogP contribution in [0.2, 0.25) is 0 Å². The van der Waals surface area contributed by atoms with Crippen LogP contribution in [0, 0.1) is 0 Å². The zero-order valence-electron chi connectivity index (χ0n) is 22.2. The molecule has 0 aliphatic carbocycles. The third-order valence-electron chi connectivity index (χ3n) is 5.74. The van der Waals surface area contributed by atoms with Gasteiger partial charge in [-0.1, -0.05) is 47.0 Å². The van der Waals surface area contributed by atoms with Crippen LogP contribution in [-0.4, -0.2) is 94.8 Å². The number of unbranched alkanes of at least 4 members (excludes halogenated alkanes) is 3. The summed E-state index contributed by atoms with van der Waals surface area (Å²) in [7, 11) is 1.41. The highest BCUT2D eigenvalue weighted by Gasteiger charge is 2.60. The fraction of sp³-hybridized carbons (Fsp3) is 1.00. The molecule has 0 aromatic heterocycles. The SMILES string of the molecule is CCCCOC[C@H]1O[C@H](C(F)(F)C(O)OCCC)[C@H](OCOC)[C@@H](OCCCC)[C@H]1OCCCC. The monoisotopic (exact) mass is 514 g/mol.